The Hall–Kier alpha value is -4.04. The van der Waals surface area contributed by atoms with Gasteiger partial charge < -0.3 is 14.7 Å². The minimum atomic E-state index is -0.857. The zero-order chi connectivity index (χ0) is 27.1. The molecule has 0 aliphatic carbocycles. The van der Waals surface area contributed by atoms with Crippen molar-refractivity contribution < 1.29 is 19.4 Å². The molecule has 1 aromatic heterocycles. The number of aryl methyl sites for hydroxylation is 3. The Morgan fingerprint density at radius 1 is 1.10 bits per heavy atom. The molecular weight excluding hydrogens is 492 g/mol. The number of carboxylic acid groups (broad SMARTS) is 1. The Kier molecular flexibility index (Phi) is 6.64. The van der Waals surface area contributed by atoms with Crippen LogP contribution in [-0.2, 0) is 35.6 Å². The predicted molar refractivity (Wildman–Crippen MR) is 147 cm³/mol. The molecule has 3 aromatic carbocycles. The summed E-state index contributed by atoms with van der Waals surface area (Å²) in [6.07, 6.45) is 1.52. The Morgan fingerprint density at radius 3 is 2.72 bits per heavy atom. The van der Waals surface area contributed by atoms with E-state index in [1.54, 1.807) is 0 Å². The molecule has 39 heavy (non-hydrogen) atoms. The van der Waals surface area contributed by atoms with Crippen molar-refractivity contribution in [1.29, 1.82) is 0 Å². The van der Waals surface area contributed by atoms with Crippen LogP contribution < -0.4 is 0 Å². The molecule has 0 saturated heterocycles. The number of rotatable bonds is 2. The number of nitrogens with zero attached hydrogens (tertiary/aromatic N) is 4. The molecule has 200 valence electrons. The molecule has 1 unspecified atom stereocenters. The minimum absolute atomic E-state index is 0.00724. The highest BCUT2D eigenvalue weighted by atomic mass is 16.5. The molecule has 0 saturated carbocycles. The van der Waals surface area contributed by atoms with Crippen molar-refractivity contribution >= 4 is 22.9 Å². The molecule has 4 aromatic rings. The molecule has 0 spiro atoms. The van der Waals surface area contributed by atoms with Gasteiger partial charge in [0.2, 0.25) is 0 Å². The molecule has 8 heteroatoms. The minimum Gasteiger partial charge on any atom is -0.481 e. The van der Waals surface area contributed by atoms with E-state index in [2.05, 4.69) is 29.4 Å². The zero-order valence-electron chi connectivity index (χ0n) is 22.3. The SMILES string of the molecule is Cc1cc2cc3c1CCN(C3)C(=O)c1ccc(cc1)COCCCn1nnc3c(C)c(ccc31)C2CC(=O)O. The van der Waals surface area contributed by atoms with E-state index in [4.69, 9.17) is 4.74 Å². The maximum Gasteiger partial charge on any atom is 0.304 e. The number of benzene rings is 3. The van der Waals surface area contributed by atoms with Crippen molar-refractivity contribution in [3.8, 4) is 0 Å². The largest absolute Gasteiger partial charge is 0.481 e. The van der Waals surface area contributed by atoms with Gasteiger partial charge in [-0.15, -0.1) is 5.10 Å². The summed E-state index contributed by atoms with van der Waals surface area (Å²) in [7, 11) is 0. The third-order valence-electron chi connectivity index (χ3n) is 8.13. The molecule has 9 rings (SSSR count). The smallest absolute Gasteiger partial charge is 0.304 e. The number of hydrogen-bond donors (Lipinski definition) is 1. The number of carbonyl (C=O) groups is 2. The predicted octanol–water partition coefficient (Wildman–Crippen LogP) is 4.77. The van der Waals surface area contributed by atoms with Crippen LogP contribution in [-0.4, -0.2) is 50.0 Å². The molecule has 5 aliphatic rings. The number of ether oxygens (including phenoxy) is 1. The number of carboxylic acids is 1. The molecule has 0 radical (unpaired) electrons. The second-order valence-corrected chi connectivity index (χ2v) is 10.7. The van der Waals surface area contributed by atoms with Crippen LogP contribution in [0.5, 0.6) is 0 Å². The molecule has 1 amide bonds. The normalized spacial score (nSPS) is 17.7. The van der Waals surface area contributed by atoms with E-state index in [0.717, 1.165) is 57.3 Å². The van der Waals surface area contributed by atoms with Gasteiger partial charge in [0.1, 0.15) is 5.52 Å². The molecule has 8 nitrogen and oxygen atoms in total. The number of hydrogen-bond acceptors (Lipinski definition) is 5. The van der Waals surface area contributed by atoms with Crippen molar-refractivity contribution in [2.24, 2.45) is 0 Å². The number of amides is 1. The van der Waals surface area contributed by atoms with Gasteiger partial charge in [0, 0.05) is 37.7 Å². The fourth-order valence-corrected chi connectivity index (χ4v) is 6.07. The highest BCUT2D eigenvalue weighted by Gasteiger charge is 2.27. The Labute approximate surface area is 227 Å². The first-order valence-corrected chi connectivity index (χ1v) is 13.5. The summed E-state index contributed by atoms with van der Waals surface area (Å²) in [4.78, 5) is 27.4. The van der Waals surface area contributed by atoms with Gasteiger partial charge in [-0.2, -0.15) is 0 Å². The summed E-state index contributed by atoms with van der Waals surface area (Å²) in [5.74, 6) is -1.20. The molecule has 1 atom stereocenters. The van der Waals surface area contributed by atoms with Crippen LogP contribution in [0.1, 0.15) is 68.1 Å². The fourth-order valence-electron chi connectivity index (χ4n) is 6.07. The third-order valence-corrected chi connectivity index (χ3v) is 8.13. The third kappa shape index (κ3) is 4.81. The second-order valence-electron chi connectivity index (χ2n) is 10.7. The van der Waals surface area contributed by atoms with E-state index in [1.807, 2.05) is 52.9 Å². The topological polar surface area (TPSA) is 97.5 Å². The van der Waals surface area contributed by atoms with Crippen LogP contribution in [0.15, 0.2) is 48.5 Å². The van der Waals surface area contributed by atoms with Gasteiger partial charge >= 0.3 is 5.97 Å². The van der Waals surface area contributed by atoms with E-state index >= 15 is 0 Å². The van der Waals surface area contributed by atoms with Crippen molar-refractivity contribution in [3.05, 3.63) is 93.0 Å². The van der Waals surface area contributed by atoms with Gasteiger partial charge in [-0.25, -0.2) is 4.68 Å². The lowest BCUT2D eigenvalue weighted by Gasteiger charge is -2.31. The van der Waals surface area contributed by atoms with Crippen molar-refractivity contribution in [2.45, 2.75) is 58.7 Å². The number of aromatic nitrogens is 3. The Bertz CT molecular complexity index is 1570. The van der Waals surface area contributed by atoms with Crippen molar-refractivity contribution in [1.82, 2.24) is 19.9 Å². The first kappa shape index (κ1) is 25.2. The highest BCUT2D eigenvalue weighted by Crippen LogP contribution is 2.36. The quantitative estimate of drug-likeness (QED) is 0.406. The molecule has 1 N–H and O–H groups in total. The van der Waals surface area contributed by atoms with Gasteiger partial charge in [0.05, 0.1) is 18.5 Å². The van der Waals surface area contributed by atoms with Crippen LogP contribution in [0.25, 0.3) is 11.0 Å². The zero-order valence-corrected chi connectivity index (χ0v) is 22.3. The van der Waals surface area contributed by atoms with Crippen molar-refractivity contribution in [2.75, 3.05) is 13.2 Å². The van der Waals surface area contributed by atoms with Gasteiger partial charge in [-0.3, -0.25) is 9.59 Å². The van der Waals surface area contributed by atoms with E-state index < -0.39 is 5.97 Å². The average Bonchev–Trinajstić information content (AvgIpc) is 3.35. The second kappa shape index (κ2) is 10.3. The summed E-state index contributed by atoms with van der Waals surface area (Å²) in [6, 6.07) is 15.9. The van der Waals surface area contributed by atoms with Crippen molar-refractivity contribution in [3.63, 3.8) is 0 Å². The maximum absolute atomic E-state index is 13.4. The molecular formula is C31H32N4O4. The van der Waals surface area contributed by atoms with E-state index in [0.29, 0.717) is 38.4 Å². The van der Waals surface area contributed by atoms with Crippen LogP contribution in [0, 0.1) is 13.8 Å². The van der Waals surface area contributed by atoms with Gasteiger partial charge in [-0.05, 0) is 83.8 Å². The lowest BCUT2D eigenvalue weighted by atomic mass is 9.82. The Morgan fingerprint density at radius 2 is 1.92 bits per heavy atom. The Balaban J connectivity index is 1.47. The maximum atomic E-state index is 13.4. The summed E-state index contributed by atoms with van der Waals surface area (Å²) in [6.45, 7) is 6.97. The lowest BCUT2D eigenvalue weighted by molar-refractivity contribution is -0.137. The summed E-state index contributed by atoms with van der Waals surface area (Å²) >= 11 is 0. The highest BCUT2D eigenvalue weighted by molar-refractivity contribution is 5.94. The molecule has 5 aliphatic heterocycles. The number of carbonyl (C=O) groups excluding carboxylic acids is 1. The summed E-state index contributed by atoms with van der Waals surface area (Å²) in [5, 5.41) is 18.8. The van der Waals surface area contributed by atoms with Crippen LogP contribution in [0.4, 0.5) is 0 Å². The fraction of sp³-hybridized carbons (Fsp3) is 0.355. The monoisotopic (exact) mass is 524 g/mol. The molecule has 9 bridgehead atoms. The summed E-state index contributed by atoms with van der Waals surface area (Å²) < 4.78 is 7.78. The van der Waals surface area contributed by atoms with Crippen LogP contribution in [0.2, 0.25) is 0 Å². The standard InChI is InChI=1S/C31H32N4O4/c1-19-14-23-15-24-17-34(12-10-25(19)24)31(38)22-6-4-21(5-7-22)18-39-13-3-11-35-28-9-8-26(27(23)16-29(36)37)20(2)30(28)32-33-35/h4-9,14-15,27H,3,10-13,16-18H2,1-2H3,(H,36,37). The van der Waals surface area contributed by atoms with Gasteiger partial charge in [-0.1, -0.05) is 35.5 Å². The molecule has 0 fully saturated rings. The van der Waals surface area contributed by atoms with E-state index in [1.165, 1.54) is 5.56 Å². The summed E-state index contributed by atoms with van der Waals surface area (Å²) in [5.41, 5.74) is 9.72. The van der Waals surface area contributed by atoms with E-state index in [9.17, 15) is 14.7 Å². The van der Waals surface area contributed by atoms with Crippen LogP contribution >= 0.6 is 0 Å². The van der Waals surface area contributed by atoms with Crippen LogP contribution in [0.3, 0.4) is 0 Å². The first-order chi connectivity index (χ1) is 18.9. The average molecular weight is 525 g/mol. The van der Waals surface area contributed by atoms with Gasteiger partial charge in [0.15, 0.2) is 0 Å². The molecule has 6 heterocycles. The first-order valence-electron chi connectivity index (χ1n) is 13.5. The number of aliphatic carboxylic acids is 1. The van der Waals surface area contributed by atoms with Gasteiger partial charge in [0.25, 0.3) is 5.91 Å². The lowest BCUT2D eigenvalue weighted by Crippen LogP contribution is -2.36. The van der Waals surface area contributed by atoms with E-state index in [-0.39, 0.29) is 18.2 Å².